The number of hydrogen-bond donors (Lipinski definition) is 0. The Kier molecular flexibility index (Phi) is 2.04. The van der Waals surface area contributed by atoms with Crippen LogP contribution >= 0.6 is 0 Å². The summed E-state index contributed by atoms with van der Waals surface area (Å²) in [6, 6.07) is 0. The van der Waals surface area contributed by atoms with Gasteiger partial charge in [-0.15, -0.1) is 0 Å². The summed E-state index contributed by atoms with van der Waals surface area (Å²) in [6.45, 7) is 9.38. The van der Waals surface area contributed by atoms with E-state index in [2.05, 4.69) is 32.6 Å². The molecule has 0 N–H and O–H groups in total. The normalized spacial score (nSPS) is 25.1. The van der Waals surface area contributed by atoms with Crippen molar-refractivity contribution in [1.29, 1.82) is 0 Å². The average molecular weight is 185 g/mol. The Hall–Kier alpha value is 0.283. The molecule has 0 fully saturated rings. The molecule has 0 aromatic rings. The van der Waals surface area contributed by atoms with Crippen LogP contribution in [0.2, 0.25) is 4.75 Å². The van der Waals surface area contributed by atoms with Crippen LogP contribution in [0.3, 0.4) is 0 Å². The minimum absolute atomic E-state index is 0.804. The van der Waals surface area contributed by atoms with E-state index in [9.17, 15) is 0 Å². The minimum atomic E-state index is -0.804. The number of allylic oxidation sites excluding steroid dienone is 1. The van der Waals surface area contributed by atoms with Gasteiger partial charge in [0.25, 0.3) is 0 Å². The van der Waals surface area contributed by atoms with E-state index in [-0.39, 0.29) is 0 Å². The van der Waals surface area contributed by atoms with Crippen molar-refractivity contribution in [3.63, 3.8) is 0 Å². The summed E-state index contributed by atoms with van der Waals surface area (Å²) >= 11 is -0.804. The van der Waals surface area contributed by atoms with E-state index >= 15 is 0 Å². The predicted octanol–water partition coefficient (Wildman–Crippen LogP) is 2.30. The standard InChI is InChI=1S/C8H16Ge/c1-6(2)8-5-9(8)7(3)4/h5-7,9H,1-4H3. The zero-order chi connectivity index (χ0) is 7.02. The van der Waals surface area contributed by atoms with E-state index in [1.165, 1.54) is 0 Å². The zero-order valence-electron chi connectivity index (χ0n) is 6.81. The first-order valence-corrected chi connectivity index (χ1v) is 7.85. The Morgan fingerprint density at radius 2 is 1.78 bits per heavy atom. The Morgan fingerprint density at radius 3 is 1.89 bits per heavy atom. The summed E-state index contributed by atoms with van der Waals surface area (Å²) < 4.78 is 2.88. The number of rotatable bonds is 2. The zero-order valence-corrected chi connectivity index (χ0v) is 9.23. The summed E-state index contributed by atoms with van der Waals surface area (Å²) in [5, 5.41) is 0. The first kappa shape index (κ1) is 7.39. The summed E-state index contributed by atoms with van der Waals surface area (Å²) in [5.41, 5.74) is 0. The molecule has 1 heterocycles. The molecule has 1 heteroatoms. The Balaban J connectivity index is 2.31. The van der Waals surface area contributed by atoms with E-state index in [1.807, 2.05) is 4.41 Å². The Bertz CT molecular complexity index is 134. The van der Waals surface area contributed by atoms with E-state index in [1.54, 1.807) is 0 Å². The van der Waals surface area contributed by atoms with Crippen molar-refractivity contribution in [3.8, 4) is 0 Å². The van der Waals surface area contributed by atoms with Gasteiger partial charge in [-0.25, -0.2) is 0 Å². The molecule has 0 aliphatic carbocycles. The fourth-order valence-corrected chi connectivity index (χ4v) is 8.04. The van der Waals surface area contributed by atoms with Crippen LogP contribution in [0.1, 0.15) is 27.7 Å². The molecule has 0 aromatic carbocycles. The van der Waals surface area contributed by atoms with Crippen LogP contribution in [-0.4, -0.2) is 14.3 Å². The van der Waals surface area contributed by atoms with Crippen molar-refractivity contribution in [3.05, 3.63) is 9.31 Å². The van der Waals surface area contributed by atoms with Crippen LogP contribution in [0.15, 0.2) is 9.31 Å². The third-order valence-corrected chi connectivity index (χ3v) is 9.16. The number of hydrogen-bond acceptors (Lipinski definition) is 0. The van der Waals surface area contributed by atoms with Crippen LogP contribution in [0.4, 0.5) is 0 Å². The van der Waals surface area contributed by atoms with Gasteiger partial charge in [0.15, 0.2) is 0 Å². The van der Waals surface area contributed by atoms with Gasteiger partial charge >= 0.3 is 62.0 Å². The van der Waals surface area contributed by atoms with Crippen molar-refractivity contribution in [2.45, 2.75) is 32.4 Å². The second-order valence-corrected chi connectivity index (χ2v) is 10.7. The molecule has 52 valence electrons. The topological polar surface area (TPSA) is 0 Å². The van der Waals surface area contributed by atoms with E-state index < -0.39 is 14.3 Å². The van der Waals surface area contributed by atoms with Gasteiger partial charge in [-0.3, -0.25) is 0 Å². The summed E-state index contributed by atoms with van der Waals surface area (Å²) in [7, 11) is 0. The van der Waals surface area contributed by atoms with Crippen LogP contribution in [0.25, 0.3) is 0 Å². The molecule has 1 aliphatic rings. The molecule has 0 saturated heterocycles. The molecule has 1 unspecified atom stereocenters. The van der Waals surface area contributed by atoms with Crippen molar-refractivity contribution >= 4 is 14.3 Å². The third kappa shape index (κ3) is 1.60. The molecule has 0 radical (unpaired) electrons. The maximum absolute atomic E-state index is 2.59. The molecule has 0 aromatic heterocycles. The van der Waals surface area contributed by atoms with Crippen molar-refractivity contribution in [1.82, 2.24) is 0 Å². The van der Waals surface area contributed by atoms with E-state index in [4.69, 9.17) is 0 Å². The summed E-state index contributed by atoms with van der Waals surface area (Å²) in [4.78, 5) is 2.59. The van der Waals surface area contributed by atoms with Gasteiger partial charge in [0.2, 0.25) is 0 Å². The first-order valence-electron chi connectivity index (χ1n) is 3.84. The molecule has 0 nitrogen and oxygen atoms in total. The quantitative estimate of drug-likeness (QED) is 0.578. The van der Waals surface area contributed by atoms with Gasteiger partial charge in [0.1, 0.15) is 0 Å². The van der Waals surface area contributed by atoms with Crippen LogP contribution in [-0.2, 0) is 0 Å². The van der Waals surface area contributed by atoms with Crippen LogP contribution in [0, 0.1) is 5.92 Å². The van der Waals surface area contributed by atoms with Crippen molar-refractivity contribution in [2.24, 2.45) is 5.92 Å². The van der Waals surface area contributed by atoms with Gasteiger partial charge in [-0.2, -0.15) is 0 Å². The van der Waals surface area contributed by atoms with Gasteiger partial charge in [-0.1, -0.05) is 0 Å². The molecule has 1 aliphatic heterocycles. The molecule has 9 heavy (non-hydrogen) atoms. The second kappa shape index (κ2) is 2.49. The molecular formula is C8H16Ge. The Morgan fingerprint density at radius 1 is 1.22 bits per heavy atom. The maximum atomic E-state index is 2.59. The van der Waals surface area contributed by atoms with Crippen LogP contribution < -0.4 is 0 Å². The van der Waals surface area contributed by atoms with Crippen molar-refractivity contribution < 1.29 is 0 Å². The predicted molar refractivity (Wildman–Crippen MR) is 45.2 cm³/mol. The second-order valence-electron chi connectivity index (χ2n) is 3.59. The monoisotopic (exact) mass is 186 g/mol. The SMILES string of the molecule is CC(C)[C]1=[CH][GeH]1[CH](C)C. The Labute approximate surface area is 62.4 Å². The van der Waals surface area contributed by atoms with Gasteiger partial charge in [0.05, 0.1) is 0 Å². The fraction of sp³-hybridized carbons (Fsp3) is 0.750. The molecule has 1 atom stereocenters. The van der Waals surface area contributed by atoms with Crippen molar-refractivity contribution in [2.75, 3.05) is 0 Å². The molecule has 0 bridgehead atoms. The van der Waals surface area contributed by atoms with E-state index in [0.717, 1.165) is 10.7 Å². The summed E-state index contributed by atoms with van der Waals surface area (Å²) in [6.07, 6.45) is 0. The fourth-order valence-electron chi connectivity index (χ4n) is 1.31. The third-order valence-electron chi connectivity index (χ3n) is 2.03. The molecule has 1 rings (SSSR count). The van der Waals surface area contributed by atoms with Gasteiger partial charge in [-0.05, 0) is 0 Å². The van der Waals surface area contributed by atoms with E-state index in [0.29, 0.717) is 0 Å². The van der Waals surface area contributed by atoms with Gasteiger partial charge < -0.3 is 0 Å². The molecule has 0 amide bonds. The molecule has 0 spiro atoms. The molecule has 0 saturated carbocycles. The average Bonchev–Trinajstić information content (AvgIpc) is 2.39. The summed E-state index contributed by atoms with van der Waals surface area (Å²) in [5.74, 6) is 0.873. The first-order chi connectivity index (χ1) is 4.13. The molecular weight excluding hydrogens is 169 g/mol. The van der Waals surface area contributed by atoms with Gasteiger partial charge in [0, 0.05) is 0 Å². The van der Waals surface area contributed by atoms with Crippen LogP contribution in [0.5, 0.6) is 0 Å².